The average molecular weight is 445 g/mol. The zero-order valence-electron chi connectivity index (χ0n) is 17.3. The van der Waals surface area contributed by atoms with Gasteiger partial charge in [-0.2, -0.15) is 5.26 Å². The third-order valence-corrected chi connectivity index (χ3v) is 7.02. The molecule has 1 aliphatic carbocycles. The minimum Gasteiger partial charge on any atom is -0.370 e. The summed E-state index contributed by atoms with van der Waals surface area (Å²) in [6, 6.07) is 13.2. The normalized spacial score (nSPS) is 14.5. The summed E-state index contributed by atoms with van der Waals surface area (Å²) in [5.74, 6) is 1.45. The van der Waals surface area contributed by atoms with Gasteiger partial charge in [0, 0.05) is 47.2 Å². The largest absolute Gasteiger partial charge is 0.370 e. The molecule has 1 saturated carbocycles. The quantitative estimate of drug-likeness (QED) is 0.427. The molecule has 32 heavy (non-hydrogen) atoms. The van der Waals surface area contributed by atoms with Gasteiger partial charge in [-0.15, -0.1) is 11.3 Å². The monoisotopic (exact) mass is 444 g/mol. The fourth-order valence-corrected chi connectivity index (χ4v) is 4.95. The predicted molar refractivity (Wildman–Crippen MR) is 122 cm³/mol. The molecule has 5 rings (SSSR count). The summed E-state index contributed by atoms with van der Waals surface area (Å²) < 4.78 is 16.4. The lowest BCUT2D eigenvalue weighted by atomic mass is 9.66. The van der Waals surface area contributed by atoms with Crippen LogP contribution in [0.25, 0.3) is 16.4 Å². The number of nitriles is 1. The van der Waals surface area contributed by atoms with Crippen LogP contribution >= 0.6 is 11.3 Å². The number of anilines is 1. The van der Waals surface area contributed by atoms with E-state index in [1.165, 1.54) is 17.4 Å². The van der Waals surface area contributed by atoms with E-state index in [1.54, 1.807) is 24.7 Å². The lowest BCUT2D eigenvalue weighted by Crippen LogP contribution is -2.42. The molecule has 0 spiro atoms. The fourth-order valence-electron chi connectivity index (χ4n) is 4.12. The lowest BCUT2D eigenvalue weighted by Gasteiger charge is -2.41. The van der Waals surface area contributed by atoms with Gasteiger partial charge in [-0.05, 0) is 49.2 Å². The maximum absolute atomic E-state index is 14.4. The molecule has 8 heteroatoms. The van der Waals surface area contributed by atoms with Gasteiger partial charge in [0.2, 0.25) is 0 Å². The van der Waals surface area contributed by atoms with Crippen molar-refractivity contribution in [3.05, 3.63) is 77.6 Å². The first-order valence-corrected chi connectivity index (χ1v) is 11.3. The van der Waals surface area contributed by atoms with E-state index >= 15 is 0 Å². The number of pyridine rings is 2. The minimum atomic E-state index is -0.274. The maximum Gasteiger partial charge on any atom is 0.145 e. The molecule has 0 aliphatic heterocycles. The molecule has 0 atom stereocenters. The van der Waals surface area contributed by atoms with Crippen LogP contribution in [0.15, 0.2) is 61.2 Å². The summed E-state index contributed by atoms with van der Waals surface area (Å²) in [6.07, 6.45) is 10.4. The van der Waals surface area contributed by atoms with E-state index in [9.17, 15) is 4.39 Å². The van der Waals surface area contributed by atoms with Crippen molar-refractivity contribution in [2.24, 2.45) is 0 Å². The summed E-state index contributed by atoms with van der Waals surface area (Å²) in [6.45, 7) is 0.615. The Hall–Kier alpha value is -3.57. The Morgan fingerprint density at radius 1 is 1.12 bits per heavy atom. The zero-order valence-corrected chi connectivity index (χ0v) is 18.1. The van der Waals surface area contributed by atoms with Crippen LogP contribution in [0.1, 0.15) is 29.8 Å². The fraction of sp³-hybridized carbons (Fsp3) is 0.250. The van der Waals surface area contributed by atoms with Crippen molar-refractivity contribution in [1.82, 2.24) is 19.5 Å². The third kappa shape index (κ3) is 3.76. The van der Waals surface area contributed by atoms with Gasteiger partial charge in [-0.25, -0.2) is 14.4 Å². The van der Waals surface area contributed by atoms with Crippen molar-refractivity contribution < 1.29 is 4.39 Å². The Morgan fingerprint density at radius 3 is 2.75 bits per heavy atom. The average Bonchev–Trinajstić information content (AvgIpc) is 3.44. The summed E-state index contributed by atoms with van der Waals surface area (Å²) in [7, 11) is 0. The Balaban J connectivity index is 1.33. The second kappa shape index (κ2) is 8.52. The number of halogens is 1. The van der Waals surface area contributed by atoms with E-state index in [4.69, 9.17) is 5.26 Å². The van der Waals surface area contributed by atoms with Crippen LogP contribution in [0.3, 0.4) is 0 Å². The van der Waals surface area contributed by atoms with Gasteiger partial charge < -0.3 is 5.32 Å². The van der Waals surface area contributed by atoms with Gasteiger partial charge in [0.1, 0.15) is 22.5 Å². The minimum absolute atomic E-state index is 0.234. The molecule has 4 aromatic heterocycles. The van der Waals surface area contributed by atoms with E-state index in [-0.39, 0.29) is 11.2 Å². The molecule has 1 aliphatic rings. The molecule has 1 N–H and O–H groups in total. The number of nitrogens with zero attached hydrogens (tertiary/aromatic N) is 5. The van der Waals surface area contributed by atoms with Gasteiger partial charge in [-0.1, -0.05) is 6.42 Å². The molecule has 1 fully saturated rings. The standard InChI is InChI=1S/C24H21FN6S/c25-19-4-1-12-27-22(19)24(9-3-10-24)16-30-20-5-2-13-31(20)21-7-6-17(14-28-21)23-29-15-18(32-23)8-11-26/h1-2,4-7,12-15,30H,3,8-10,16H2. The highest BCUT2D eigenvalue weighted by molar-refractivity contribution is 7.15. The molecule has 0 saturated heterocycles. The highest BCUT2D eigenvalue weighted by Crippen LogP contribution is 2.43. The lowest BCUT2D eigenvalue weighted by molar-refractivity contribution is 0.243. The van der Waals surface area contributed by atoms with Crippen LogP contribution in [-0.2, 0) is 11.8 Å². The summed E-state index contributed by atoms with van der Waals surface area (Å²) in [5.41, 5.74) is 1.20. The van der Waals surface area contributed by atoms with Crippen molar-refractivity contribution >= 4 is 17.2 Å². The Labute approximate surface area is 189 Å². The van der Waals surface area contributed by atoms with Crippen molar-refractivity contribution in [3.8, 4) is 22.5 Å². The predicted octanol–water partition coefficient (Wildman–Crippen LogP) is 5.13. The third-order valence-electron chi connectivity index (χ3n) is 5.98. The number of aromatic nitrogens is 4. The Kier molecular flexibility index (Phi) is 5.41. The second-order valence-electron chi connectivity index (χ2n) is 7.96. The van der Waals surface area contributed by atoms with Gasteiger partial charge in [0.25, 0.3) is 0 Å². The molecule has 4 heterocycles. The summed E-state index contributed by atoms with van der Waals surface area (Å²) >= 11 is 1.51. The van der Waals surface area contributed by atoms with Crippen LogP contribution in [0.4, 0.5) is 10.2 Å². The number of nitrogens with one attached hydrogen (secondary N) is 1. The first-order valence-electron chi connectivity index (χ1n) is 10.5. The highest BCUT2D eigenvalue weighted by Gasteiger charge is 2.41. The topological polar surface area (TPSA) is 79.4 Å². The van der Waals surface area contributed by atoms with Gasteiger partial charge in [-0.3, -0.25) is 9.55 Å². The van der Waals surface area contributed by atoms with Crippen molar-refractivity contribution in [2.75, 3.05) is 11.9 Å². The summed E-state index contributed by atoms with van der Waals surface area (Å²) in [4.78, 5) is 14.3. The van der Waals surface area contributed by atoms with E-state index < -0.39 is 0 Å². The van der Waals surface area contributed by atoms with Crippen LogP contribution in [0, 0.1) is 17.1 Å². The Bertz CT molecular complexity index is 1270. The molecule has 0 amide bonds. The Morgan fingerprint density at radius 2 is 2.03 bits per heavy atom. The van der Waals surface area contributed by atoms with Crippen LogP contribution in [0.2, 0.25) is 0 Å². The van der Waals surface area contributed by atoms with E-state index in [2.05, 4.69) is 26.3 Å². The molecule has 0 aromatic carbocycles. The number of rotatable bonds is 7. The molecule has 160 valence electrons. The SMILES string of the molecule is N#CCc1cnc(-c2ccc(-n3cccc3NCC3(c4ncccc4F)CCC3)nc2)s1. The van der Waals surface area contributed by atoms with Gasteiger partial charge >= 0.3 is 0 Å². The van der Waals surface area contributed by atoms with Gasteiger partial charge in [0.05, 0.1) is 18.2 Å². The first kappa shape index (κ1) is 20.3. The van der Waals surface area contributed by atoms with Crippen LogP contribution in [0.5, 0.6) is 0 Å². The number of hydrogen-bond acceptors (Lipinski definition) is 6. The molecule has 0 unspecified atom stereocenters. The van der Waals surface area contributed by atoms with Crippen LogP contribution < -0.4 is 5.32 Å². The molecular weight excluding hydrogens is 423 g/mol. The smallest absolute Gasteiger partial charge is 0.145 e. The van der Waals surface area contributed by atoms with Crippen molar-refractivity contribution in [3.63, 3.8) is 0 Å². The zero-order chi connectivity index (χ0) is 22.0. The second-order valence-corrected chi connectivity index (χ2v) is 9.07. The number of hydrogen-bond donors (Lipinski definition) is 1. The van der Waals surface area contributed by atoms with E-state index in [0.29, 0.717) is 18.7 Å². The molecule has 0 radical (unpaired) electrons. The van der Waals surface area contributed by atoms with Gasteiger partial charge in [0.15, 0.2) is 0 Å². The maximum atomic E-state index is 14.4. The molecular formula is C24H21FN6S. The van der Waals surface area contributed by atoms with Crippen molar-refractivity contribution in [2.45, 2.75) is 31.1 Å². The van der Waals surface area contributed by atoms with Crippen molar-refractivity contribution in [1.29, 1.82) is 5.26 Å². The molecule has 0 bridgehead atoms. The highest BCUT2D eigenvalue weighted by atomic mass is 32.1. The molecule has 4 aromatic rings. The van der Waals surface area contributed by atoms with E-state index in [1.807, 2.05) is 35.0 Å². The summed E-state index contributed by atoms with van der Waals surface area (Å²) in [5, 5.41) is 13.2. The molecule has 6 nitrogen and oxygen atoms in total. The van der Waals surface area contributed by atoms with E-state index in [0.717, 1.165) is 46.3 Å². The van der Waals surface area contributed by atoms with Crippen LogP contribution in [-0.4, -0.2) is 26.1 Å². The number of thiazole rings is 1. The first-order chi connectivity index (χ1) is 15.7.